The predicted octanol–water partition coefficient (Wildman–Crippen LogP) is -1.52. The van der Waals surface area contributed by atoms with Gasteiger partial charge in [0.05, 0.1) is 5.75 Å². The summed E-state index contributed by atoms with van der Waals surface area (Å²) in [5, 5.41) is 7.31. The molecule has 0 bridgehead atoms. The maximum atomic E-state index is 7.36. The lowest BCUT2D eigenvalue weighted by molar-refractivity contribution is 0.989. The lowest BCUT2D eigenvalue weighted by atomic mass is 10.7. The van der Waals surface area contributed by atoms with Crippen LogP contribution in [0.3, 0.4) is 0 Å². The number of nitrogens with one attached hydrogen (secondary N) is 1. The summed E-state index contributed by atoms with van der Waals surface area (Å²) in [7, 11) is 0. The molecule has 0 fully saturated rings. The minimum atomic E-state index is -0.174. The van der Waals surface area contributed by atoms with Crippen molar-refractivity contribution in [3.63, 3.8) is 0 Å². The molecule has 1 rings (SSSR count). The smallest absolute Gasteiger partial charge is 0.225 e. The molecular formula is C6H11N9S. The topological polar surface area (TPSA) is 179 Å². The summed E-state index contributed by atoms with van der Waals surface area (Å²) in [5.74, 6) is 0.553. The van der Waals surface area contributed by atoms with Gasteiger partial charge in [-0.2, -0.15) is 19.9 Å². The van der Waals surface area contributed by atoms with E-state index < -0.39 is 0 Å². The molecule has 0 amide bonds. The fourth-order valence-corrected chi connectivity index (χ4v) is 1.37. The number of aliphatic imine (C=N–C) groups is 1. The summed E-state index contributed by atoms with van der Waals surface area (Å²) in [6.45, 7) is 0. The summed E-state index contributed by atoms with van der Waals surface area (Å²) in [4.78, 5) is 14.8. The maximum Gasteiger partial charge on any atom is 0.225 e. The van der Waals surface area contributed by atoms with E-state index in [0.29, 0.717) is 5.82 Å². The molecular weight excluding hydrogens is 230 g/mol. The number of anilines is 2. The highest BCUT2D eigenvalue weighted by atomic mass is 32.2. The van der Waals surface area contributed by atoms with Gasteiger partial charge in [-0.05, 0) is 0 Å². The van der Waals surface area contributed by atoms with Gasteiger partial charge < -0.3 is 22.9 Å². The minimum Gasteiger partial charge on any atom is -0.370 e. The number of guanidine groups is 1. The number of hydrogen-bond donors (Lipinski definition) is 5. The van der Waals surface area contributed by atoms with Crippen LogP contribution in [0.5, 0.6) is 0 Å². The van der Waals surface area contributed by atoms with Crippen LogP contribution in [0.2, 0.25) is 0 Å². The molecule has 9 nitrogen and oxygen atoms in total. The van der Waals surface area contributed by atoms with Crippen LogP contribution in [-0.2, 0) is 5.75 Å². The summed E-state index contributed by atoms with van der Waals surface area (Å²) >= 11 is 1.05. The number of rotatable bonds is 2. The molecule has 0 radical (unpaired) electrons. The minimum absolute atomic E-state index is 0.0384. The van der Waals surface area contributed by atoms with Gasteiger partial charge in [0.1, 0.15) is 5.82 Å². The van der Waals surface area contributed by atoms with Gasteiger partial charge in [-0.3, -0.25) is 5.41 Å². The van der Waals surface area contributed by atoms with Gasteiger partial charge in [0, 0.05) is 0 Å². The largest absolute Gasteiger partial charge is 0.370 e. The molecule has 0 saturated heterocycles. The monoisotopic (exact) mass is 241 g/mol. The van der Waals surface area contributed by atoms with Gasteiger partial charge in [-0.25, -0.2) is 0 Å². The molecule has 9 N–H and O–H groups in total. The molecule has 0 atom stereocenters. The van der Waals surface area contributed by atoms with E-state index in [1.165, 1.54) is 0 Å². The average molecular weight is 241 g/mol. The first kappa shape index (κ1) is 12.0. The Bertz CT molecular complexity index is 404. The van der Waals surface area contributed by atoms with Crippen molar-refractivity contribution in [2.75, 3.05) is 11.5 Å². The first-order chi connectivity index (χ1) is 7.47. The second kappa shape index (κ2) is 5.11. The van der Waals surface area contributed by atoms with E-state index in [0.717, 1.165) is 11.8 Å². The van der Waals surface area contributed by atoms with Crippen LogP contribution < -0.4 is 22.9 Å². The quantitative estimate of drug-likeness (QED) is 0.305. The zero-order valence-corrected chi connectivity index (χ0v) is 9.03. The maximum absolute atomic E-state index is 7.36. The van der Waals surface area contributed by atoms with Crippen LogP contribution in [0.15, 0.2) is 4.99 Å². The van der Waals surface area contributed by atoms with E-state index in [1.54, 1.807) is 0 Å². The van der Waals surface area contributed by atoms with Crippen molar-refractivity contribution >= 4 is 34.8 Å². The summed E-state index contributed by atoms with van der Waals surface area (Å²) < 4.78 is 0. The van der Waals surface area contributed by atoms with Gasteiger partial charge >= 0.3 is 0 Å². The number of aromatic nitrogens is 3. The van der Waals surface area contributed by atoms with Crippen molar-refractivity contribution in [1.29, 1.82) is 5.41 Å². The third-order valence-electron chi connectivity index (χ3n) is 1.28. The Morgan fingerprint density at radius 1 is 1.19 bits per heavy atom. The first-order valence-electron chi connectivity index (χ1n) is 4.04. The molecule has 0 aliphatic rings. The Morgan fingerprint density at radius 3 is 2.25 bits per heavy atom. The van der Waals surface area contributed by atoms with Gasteiger partial charge in [-0.15, -0.1) is 0 Å². The number of nitrogens with zero attached hydrogens (tertiary/aromatic N) is 4. The Balaban J connectivity index is 2.61. The van der Waals surface area contributed by atoms with E-state index in [-0.39, 0.29) is 28.8 Å². The van der Waals surface area contributed by atoms with E-state index in [1.807, 2.05) is 0 Å². The van der Waals surface area contributed by atoms with Crippen molar-refractivity contribution in [3.8, 4) is 0 Å². The molecule has 1 aromatic heterocycles. The zero-order chi connectivity index (χ0) is 12.1. The predicted molar refractivity (Wildman–Crippen MR) is 63.5 cm³/mol. The average Bonchev–Trinajstić information content (AvgIpc) is 2.12. The van der Waals surface area contributed by atoms with E-state index in [2.05, 4.69) is 19.9 Å². The number of amidine groups is 1. The highest BCUT2D eigenvalue weighted by Gasteiger charge is 2.04. The fourth-order valence-electron chi connectivity index (χ4n) is 0.804. The number of nitrogens with two attached hydrogens (primary N) is 4. The van der Waals surface area contributed by atoms with Crippen LogP contribution in [-0.4, -0.2) is 26.1 Å². The van der Waals surface area contributed by atoms with Crippen molar-refractivity contribution in [2.45, 2.75) is 5.75 Å². The summed E-state index contributed by atoms with van der Waals surface area (Å²) in [6.07, 6.45) is 0. The molecule has 1 heterocycles. The molecule has 0 unspecified atom stereocenters. The van der Waals surface area contributed by atoms with Crippen molar-refractivity contribution in [1.82, 2.24) is 15.0 Å². The lowest BCUT2D eigenvalue weighted by Crippen LogP contribution is -2.23. The summed E-state index contributed by atoms with van der Waals surface area (Å²) in [5.41, 5.74) is 21.0. The normalized spacial score (nSPS) is 9.75. The molecule has 16 heavy (non-hydrogen) atoms. The van der Waals surface area contributed by atoms with Crippen LogP contribution in [0.25, 0.3) is 0 Å². The van der Waals surface area contributed by atoms with Crippen molar-refractivity contribution < 1.29 is 0 Å². The Labute approximate surface area is 95.2 Å². The van der Waals surface area contributed by atoms with Gasteiger partial charge in [0.25, 0.3) is 0 Å². The number of hydrogen-bond acceptors (Lipinski definition) is 7. The fraction of sp³-hybridized carbons (Fsp3) is 0.167. The molecule has 0 aromatic carbocycles. The highest BCUT2D eigenvalue weighted by Crippen LogP contribution is 2.11. The van der Waals surface area contributed by atoms with Crippen molar-refractivity contribution in [2.24, 2.45) is 16.5 Å². The molecule has 0 aliphatic heterocycles. The van der Waals surface area contributed by atoms with Crippen LogP contribution >= 0.6 is 11.8 Å². The second-order valence-corrected chi connectivity index (χ2v) is 3.56. The van der Waals surface area contributed by atoms with Crippen LogP contribution in [0.1, 0.15) is 5.82 Å². The molecule has 86 valence electrons. The zero-order valence-electron chi connectivity index (χ0n) is 8.21. The summed E-state index contributed by atoms with van der Waals surface area (Å²) in [6, 6.07) is 0. The van der Waals surface area contributed by atoms with E-state index in [9.17, 15) is 0 Å². The van der Waals surface area contributed by atoms with Gasteiger partial charge in [-0.1, -0.05) is 11.8 Å². The SMILES string of the molecule is N=C(N=C(N)N)SCc1nc(N)nc(N)n1. The Kier molecular flexibility index (Phi) is 3.83. The number of thioether (sulfide) groups is 1. The standard InChI is InChI=1S/C6H11N9S/c7-3(8)14-6(11)16-1-2-12-4(9)15-5(10)13-2/h1H2,(H5,7,8,11,14)(H4,9,10,12,13,15). The van der Waals surface area contributed by atoms with Crippen LogP contribution in [0.4, 0.5) is 11.9 Å². The highest BCUT2D eigenvalue weighted by molar-refractivity contribution is 8.13. The Hall–Kier alpha value is -2.10. The third-order valence-corrected chi connectivity index (χ3v) is 2.05. The molecule has 1 aromatic rings. The second-order valence-electron chi connectivity index (χ2n) is 2.60. The molecule has 0 saturated carbocycles. The van der Waals surface area contributed by atoms with Crippen LogP contribution in [0, 0.1) is 5.41 Å². The van der Waals surface area contributed by atoms with Crippen molar-refractivity contribution in [3.05, 3.63) is 5.82 Å². The Morgan fingerprint density at radius 2 is 1.75 bits per heavy atom. The molecule has 10 heteroatoms. The molecule has 0 spiro atoms. The van der Waals surface area contributed by atoms with Gasteiger partial charge in [0.2, 0.25) is 11.9 Å². The molecule has 0 aliphatic carbocycles. The third kappa shape index (κ3) is 3.96. The lowest BCUT2D eigenvalue weighted by Gasteiger charge is -2.01. The van der Waals surface area contributed by atoms with E-state index in [4.69, 9.17) is 28.3 Å². The van der Waals surface area contributed by atoms with E-state index >= 15 is 0 Å². The first-order valence-corrected chi connectivity index (χ1v) is 5.03. The van der Waals surface area contributed by atoms with Gasteiger partial charge in [0.15, 0.2) is 11.1 Å². The number of nitrogen functional groups attached to an aromatic ring is 2.